The number of phenols is 1. The number of fused-ring (bicyclic) bond motifs is 1. The van der Waals surface area contributed by atoms with Crippen molar-refractivity contribution in [2.75, 3.05) is 19.6 Å². The number of hydrogen-bond acceptors (Lipinski definition) is 5. The number of carbonyl (C=O) groups is 2. The Labute approximate surface area is 173 Å². The van der Waals surface area contributed by atoms with Gasteiger partial charge in [0.1, 0.15) is 5.75 Å². The highest BCUT2D eigenvalue weighted by molar-refractivity contribution is 6.27. The number of rotatable bonds is 4. The van der Waals surface area contributed by atoms with Gasteiger partial charge in [0.25, 0.3) is 0 Å². The van der Waals surface area contributed by atoms with E-state index in [9.17, 15) is 5.11 Å². The Morgan fingerprint density at radius 1 is 1.20 bits per heavy atom. The molecule has 9 heteroatoms. The number of aromatic nitrogens is 3. The zero-order valence-corrected chi connectivity index (χ0v) is 16.8. The molecule has 0 amide bonds. The average Bonchev–Trinajstić information content (AvgIpc) is 3.33. The maximum atomic E-state index is 9.76. The van der Waals surface area contributed by atoms with Gasteiger partial charge in [0, 0.05) is 36.9 Å². The quantitative estimate of drug-likeness (QED) is 0.481. The van der Waals surface area contributed by atoms with Crippen LogP contribution in [-0.2, 0) is 23.1 Å². The molecule has 0 spiro atoms. The van der Waals surface area contributed by atoms with Crippen LogP contribution in [0.15, 0.2) is 36.8 Å². The molecular weight excluding hydrogens is 388 g/mol. The molecule has 1 fully saturated rings. The second kappa shape index (κ2) is 9.45. The molecule has 4 rings (SSSR count). The first-order valence-electron chi connectivity index (χ1n) is 9.79. The van der Waals surface area contributed by atoms with Crippen molar-refractivity contribution in [1.29, 1.82) is 0 Å². The van der Waals surface area contributed by atoms with Gasteiger partial charge in [-0.05, 0) is 67.6 Å². The summed E-state index contributed by atoms with van der Waals surface area (Å²) in [6, 6.07) is 5.58. The van der Waals surface area contributed by atoms with Crippen molar-refractivity contribution in [3.8, 4) is 5.75 Å². The molecule has 1 aliphatic heterocycles. The summed E-state index contributed by atoms with van der Waals surface area (Å²) < 4.78 is 1.87. The summed E-state index contributed by atoms with van der Waals surface area (Å²) in [6.45, 7) is 3.37. The fourth-order valence-corrected chi connectivity index (χ4v) is 3.82. The first-order chi connectivity index (χ1) is 14.3. The lowest BCUT2D eigenvalue weighted by Gasteiger charge is -2.31. The van der Waals surface area contributed by atoms with E-state index in [0.717, 1.165) is 31.6 Å². The molecule has 1 aliphatic rings. The van der Waals surface area contributed by atoms with Crippen LogP contribution in [0.3, 0.4) is 0 Å². The van der Waals surface area contributed by atoms with Crippen LogP contribution in [0, 0.1) is 0 Å². The highest BCUT2D eigenvalue weighted by Crippen LogP contribution is 2.34. The normalized spacial score (nSPS) is 15.0. The minimum atomic E-state index is -1.82. The summed E-state index contributed by atoms with van der Waals surface area (Å²) in [6.07, 6.45) is 9.61. The van der Waals surface area contributed by atoms with Crippen molar-refractivity contribution in [3.63, 3.8) is 0 Å². The third-order valence-corrected chi connectivity index (χ3v) is 5.38. The molecule has 0 bridgehead atoms. The van der Waals surface area contributed by atoms with Crippen LogP contribution in [0.2, 0.25) is 0 Å². The first kappa shape index (κ1) is 21.4. The fourth-order valence-electron chi connectivity index (χ4n) is 3.82. The number of carboxylic acids is 2. The van der Waals surface area contributed by atoms with E-state index in [1.54, 1.807) is 6.07 Å². The van der Waals surface area contributed by atoms with Crippen LogP contribution in [-0.4, -0.2) is 66.6 Å². The zero-order chi connectivity index (χ0) is 21.7. The molecule has 0 radical (unpaired) electrons. The lowest BCUT2D eigenvalue weighted by Crippen LogP contribution is -2.34. The number of nitrogens with one attached hydrogen (secondary N) is 1. The number of hydrogen-bond donors (Lipinski definition) is 4. The Hall–Kier alpha value is -3.33. The lowest BCUT2D eigenvalue weighted by atomic mass is 9.89. The summed E-state index contributed by atoms with van der Waals surface area (Å²) in [7, 11) is 1.97. The molecule has 3 aromatic rings. The predicted octanol–water partition coefficient (Wildman–Crippen LogP) is 2.18. The van der Waals surface area contributed by atoms with Gasteiger partial charge < -0.3 is 25.2 Å². The highest BCUT2D eigenvalue weighted by Gasteiger charge is 2.22. The molecule has 30 heavy (non-hydrogen) atoms. The summed E-state index contributed by atoms with van der Waals surface area (Å²) in [5, 5.41) is 30.0. The SMILES string of the molecule is Cn1cc(CCN2CCC(c3c[nH]c4ccc(O)cc34)CC2)cn1.O=C(O)C(=O)O. The van der Waals surface area contributed by atoms with Crippen molar-refractivity contribution in [2.24, 2.45) is 7.05 Å². The van der Waals surface area contributed by atoms with Gasteiger partial charge in [-0.25, -0.2) is 9.59 Å². The molecular formula is C21H26N4O5. The van der Waals surface area contributed by atoms with E-state index in [2.05, 4.69) is 27.4 Å². The van der Waals surface area contributed by atoms with Gasteiger partial charge in [-0.15, -0.1) is 0 Å². The van der Waals surface area contributed by atoms with Gasteiger partial charge in [-0.3, -0.25) is 4.68 Å². The predicted molar refractivity (Wildman–Crippen MR) is 111 cm³/mol. The number of likely N-dealkylation sites (tertiary alicyclic amines) is 1. The van der Waals surface area contributed by atoms with Crippen LogP contribution < -0.4 is 0 Å². The van der Waals surface area contributed by atoms with Crippen LogP contribution in [0.25, 0.3) is 10.9 Å². The van der Waals surface area contributed by atoms with E-state index in [1.165, 1.54) is 29.4 Å². The van der Waals surface area contributed by atoms with E-state index in [-0.39, 0.29) is 0 Å². The Kier molecular flexibility index (Phi) is 6.73. The number of aromatic hydroxyl groups is 1. The molecule has 9 nitrogen and oxygen atoms in total. The Morgan fingerprint density at radius 3 is 2.50 bits per heavy atom. The number of aromatic amines is 1. The standard InChI is InChI=1S/C19H24N4O.C2H2O4/c1-22-13-14(11-21-22)4-7-23-8-5-15(6-9-23)18-12-20-19-3-2-16(24)10-17(18)19;3-1(4)2(5)6/h2-3,10-13,15,20,24H,4-9H2,1H3;(H,3,4)(H,5,6). The van der Waals surface area contributed by atoms with Crippen molar-refractivity contribution >= 4 is 22.8 Å². The monoisotopic (exact) mass is 414 g/mol. The Bertz CT molecular complexity index is 1010. The third kappa shape index (κ3) is 5.38. The summed E-state index contributed by atoms with van der Waals surface area (Å²) in [5.74, 6) is -2.72. The van der Waals surface area contributed by atoms with Crippen molar-refractivity contribution < 1.29 is 24.9 Å². The van der Waals surface area contributed by atoms with Gasteiger partial charge in [0.15, 0.2) is 0 Å². The topological polar surface area (TPSA) is 132 Å². The van der Waals surface area contributed by atoms with Gasteiger partial charge in [0.05, 0.1) is 6.20 Å². The molecule has 160 valence electrons. The largest absolute Gasteiger partial charge is 0.508 e. The van der Waals surface area contributed by atoms with Crippen molar-refractivity contribution in [3.05, 3.63) is 47.9 Å². The zero-order valence-electron chi connectivity index (χ0n) is 16.8. The smallest absolute Gasteiger partial charge is 0.414 e. The highest BCUT2D eigenvalue weighted by atomic mass is 16.4. The molecule has 2 aromatic heterocycles. The number of carboxylic acid groups (broad SMARTS) is 2. The average molecular weight is 414 g/mol. The van der Waals surface area contributed by atoms with Crippen molar-refractivity contribution in [2.45, 2.75) is 25.2 Å². The Morgan fingerprint density at radius 2 is 1.90 bits per heavy atom. The molecule has 1 saturated heterocycles. The van der Waals surface area contributed by atoms with Crippen molar-refractivity contribution in [1.82, 2.24) is 19.7 Å². The van der Waals surface area contributed by atoms with E-state index >= 15 is 0 Å². The molecule has 0 saturated carbocycles. The van der Waals surface area contributed by atoms with Crippen LogP contribution in [0.4, 0.5) is 0 Å². The number of H-pyrrole nitrogens is 1. The summed E-state index contributed by atoms with van der Waals surface area (Å²) in [5.41, 5.74) is 3.78. The number of phenolic OH excluding ortho intramolecular Hbond substituents is 1. The van der Waals surface area contributed by atoms with E-state index in [0.29, 0.717) is 11.7 Å². The van der Waals surface area contributed by atoms with Crippen LogP contribution >= 0.6 is 0 Å². The number of piperidine rings is 1. The number of benzene rings is 1. The molecule has 3 heterocycles. The maximum Gasteiger partial charge on any atom is 0.414 e. The minimum absolute atomic E-state index is 0.345. The number of nitrogens with zero attached hydrogens (tertiary/aromatic N) is 3. The van der Waals surface area contributed by atoms with Gasteiger partial charge in [-0.1, -0.05) is 0 Å². The van der Waals surface area contributed by atoms with Gasteiger partial charge >= 0.3 is 11.9 Å². The Balaban J connectivity index is 0.000000377. The third-order valence-electron chi connectivity index (χ3n) is 5.38. The molecule has 0 aliphatic carbocycles. The molecule has 1 aromatic carbocycles. The molecule has 0 unspecified atom stereocenters. The molecule has 0 atom stereocenters. The van der Waals surface area contributed by atoms with Crippen LogP contribution in [0.1, 0.15) is 29.9 Å². The van der Waals surface area contributed by atoms with Gasteiger partial charge in [0.2, 0.25) is 0 Å². The maximum absolute atomic E-state index is 9.76. The summed E-state index contributed by atoms with van der Waals surface area (Å²) >= 11 is 0. The number of aryl methyl sites for hydroxylation is 1. The summed E-state index contributed by atoms with van der Waals surface area (Å²) in [4.78, 5) is 24.1. The second-order valence-electron chi connectivity index (χ2n) is 7.47. The van der Waals surface area contributed by atoms with E-state index in [1.807, 2.05) is 30.1 Å². The van der Waals surface area contributed by atoms with Gasteiger partial charge in [-0.2, -0.15) is 5.10 Å². The second-order valence-corrected chi connectivity index (χ2v) is 7.47. The lowest BCUT2D eigenvalue weighted by molar-refractivity contribution is -0.159. The molecule has 4 N–H and O–H groups in total. The number of aliphatic carboxylic acids is 2. The minimum Gasteiger partial charge on any atom is -0.508 e. The fraction of sp³-hybridized carbons (Fsp3) is 0.381. The van der Waals surface area contributed by atoms with Crippen LogP contribution in [0.5, 0.6) is 5.75 Å². The first-order valence-corrected chi connectivity index (χ1v) is 9.79. The van der Waals surface area contributed by atoms with E-state index < -0.39 is 11.9 Å². The van der Waals surface area contributed by atoms with E-state index in [4.69, 9.17) is 19.8 Å².